The monoisotopic (exact) mass is 413 g/mol. The van der Waals surface area contributed by atoms with Gasteiger partial charge in [0.05, 0.1) is 5.69 Å². The molecule has 0 fully saturated rings. The minimum absolute atomic E-state index is 0.0251. The van der Waals surface area contributed by atoms with Crippen LogP contribution in [0.15, 0.2) is 73.1 Å². The molecule has 0 spiro atoms. The summed E-state index contributed by atoms with van der Waals surface area (Å²) in [4.78, 5) is 20.6. The maximum absolute atomic E-state index is 12.2. The van der Waals surface area contributed by atoms with Crippen LogP contribution in [0.25, 0.3) is 5.82 Å². The molecule has 31 heavy (non-hydrogen) atoms. The van der Waals surface area contributed by atoms with E-state index in [4.69, 9.17) is 4.74 Å². The van der Waals surface area contributed by atoms with Crippen molar-refractivity contribution in [2.45, 2.75) is 26.7 Å². The first kappa shape index (κ1) is 20.3. The summed E-state index contributed by atoms with van der Waals surface area (Å²) < 4.78 is 7.60. The fraction of sp³-hybridized carbons (Fsp3) is 0.167. The number of aromatic nitrogens is 4. The molecule has 1 N–H and O–H groups in total. The number of nitrogens with zero attached hydrogens (tertiary/aromatic N) is 4. The topological polar surface area (TPSA) is 81.9 Å². The first-order chi connectivity index (χ1) is 15.1. The van der Waals surface area contributed by atoms with E-state index in [1.165, 1.54) is 6.33 Å². The smallest absolute Gasteiger partial charge is 0.224 e. The predicted octanol–water partition coefficient (Wildman–Crippen LogP) is 4.64. The van der Waals surface area contributed by atoms with Gasteiger partial charge in [0.2, 0.25) is 11.8 Å². The SMILES string of the molecule is Cc1cc(C)n(-c2cc(Oc3ccc(NC(=O)CCc4ccccc4)cc3)ncn2)n1. The third-order valence-corrected chi connectivity index (χ3v) is 4.70. The zero-order valence-corrected chi connectivity index (χ0v) is 17.4. The zero-order valence-electron chi connectivity index (χ0n) is 17.4. The molecular weight excluding hydrogens is 390 g/mol. The van der Waals surface area contributed by atoms with Crippen LogP contribution in [0.4, 0.5) is 5.69 Å². The van der Waals surface area contributed by atoms with Gasteiger partial charge in [-0.15, -0.1) is 0 Å². The van der Waals surface area contributed by atoms with E-state index < -0.39 is 0 Å². The fourth-order valence-electron chi connectivity index (χ4n) is 3.22. The van der Waals surface area contributed by atoms with Crippen LogP contribution in [0.5, 0.6) is 11.6 Å². The van der Waals surface area contributed by atoms with Crippen LogP contribution in [0.2, 0.25) is 0 Å². The Morgan fingerprint density at radius 1 is 1.00 bits per heavy atom. The molecule has 2 aromatic heterocycles. The van der Waals surface area contributed by atoms with E-state index in [0.717, 1.165) is 22.6 Å². The predicted molar refractivity (Wildman–Crippen MR) is 119 cm³/mol. The van der Waals surface area contributed by atoms with Gasteiger partial charge in [0.25, 0.3) is 0 Å². The summed E-state index contributed by atoms with van der Waals surface area (Å²) in [6, 6.07) is 20.9. The summed E-state index contributed by atoms with van der Waals surface area (Å²) in [5, 5.41) is 7.34. The average Bonchev–Trinajstić information content (AvgIpc) is 3.12. The highest BCUT2D eigenvalue weighted by Crippen LogP contribution is 2.23. The van der Waals surface area contributed by atoms with Crippen molar-refractivity contribution in [3.8, 4) is 17.4 Å². The Hall–Kier alpha value is -4.00. The van der Waals surface area contributed by atoms with Crippen molar-refractivity contribution < 1.29 is 9.53 Å². The molecule has 1 amide bonds. The van der Waals surface area contributed by atoms with Gasteiger partial charge in [-0.1, -0.05) is 30.3 Å². The molecule has 0 bridgehead atoms. The lowest BCUT2D eigenvalue weighted by molar-refractivity contribution is -0.116. The molecule has 0 atom stereocenters. The summed E-state index contributed by atoms with van der Waals surface area (Å²) in [6.45, 7) is 3.90. The van der Waals surface area contributed by atoms with E-state index in [2.05, 4.69) is 20.4 Å². The highest BCUT2D eigenvalue weighted by atomic mass is 16.5. The lowest BCUT2D eigenvalue weighted by Crippen LogP contribution is -2.12. The van der Waals surface area contributed by atoms with Gasteiger partial charge in [0, 0.05) is 23.9 Å². The van der Waals surface area contributed by atoms with Crippen LogP contribution >= 0.6 is 0 Å². The van der Waals surface area contributed by atoms with E-state index in [-0.39, 0.29) is 5.91 Å². The largest absolute Gasteiger partial charge is 0.439 e. The molecule has 2 aromatic carbocycles. The Bertz CT molecular complexity index is 1170. The Morgan fingerprint density at radius 2 is 1.77 bits per heavy atom. The van der Waals surface area contributed by atoms with Crippen molar-refractivity contribution in [3.05, 3.63) is 90.0 Å². The van der Waals surface area contributed by atoms with Crippen LogP contribution < -0.4 is 10.1 Å². The minimum atomic E-state index is -0.0251. The van der Waals surface area contributed by atoms with Crippen molar-refractivity contribution in [2.24, 2.45) is 0 Å². The van der Waals surface area contributed by atoms with E-state index in [1.54, 1.807) is 35.0 Å². The van der Waals surface area contributed by atoms with E-state index in [0.29, 0.717) is 30.3 Å². The van der Waals surface area contributed by atoms with Crippen molar-refractivity contribution in [3.63, 3.8) is 0 Å². The molecule has 0 saturated carbocycles. The van der Waals surface area contributed by atoms with Gasteiger partial charge in [-0.25, -0.2) is 14.6 Å². The summed E-state index contributed by atoms with van der Waals surface area (Å²) in [5.74, 6) is 1.64. The third-order valence-electron chi connectivity index (χ3n) is 4.70. The van der Waals surface area contributed by atoms with Crippen molar-refractivity contribution in [1.29, 1.82) is 0 Å². The van der Waals surface area contributed by atoms with Crippen LogP contribution in [-0.4, -0.2) is 25.7 Å². The van der Waals surface area contributed by atoms with E-state index in [1.807, 2.05) is 50.2 Å². The maximum Gasteiger partial charge on any atom is 0.224 e. The second-order valence-corrected chi connectivity index (χ2v) is 7.21. The summed E-state index contributed by atoms with van der Waals surface area (Å²) in [7, 11) is 0. The minimum Gasteiger partial charge on any atom is -0.439 e. The van der Waals surface area contributed by atoms with Gasteiger partial charge < -0.3 is 10.1 Å². The molecule has 0 unspecified atom stereocenters. The Labute approximate surface area is 180 Å². The van der Waals surface area contributed by atoms with Crippen LogP contribution in [0, 0.1) is 13.8 Å². The third kappa shape index (κ3) is 5.33. The number of carbonyl (C=O) groups excluding carboxylic acids is 1. The number of anilines is 1. The highest BCUT2D eigenvalue weighted by molar-refractivity contribution is 5.90. The zero-order chi connectivity index (χ0) is 21.6. The summed E-state index contributed by atoms with van der Waals surface area (Å²) in [6.07, 6.45) is 2.58. The Balaban J connectivity index is 1.36. The van der Waals surface area contributed by atoms with Gasteiger partial charge in [-0.3, -0.25) is 4.79 Å². The van der Waals surface area contributed by atoms with Gasteiger partial charge in [0.1, 0.15) is 12.1 Å². The second kappa shape index (κ2) is 9.21. The molecule has 0 radical (unpaired) electrons. The molecule has 0 aliphatic rings. The number of carbonyl (C=O) groups is 1. The molecule has 7 heteroatoms. The number of hydrogen-bond donors (Lipinski definition) is 1. The standard InChI is InChI=1S/C24H23N5O2/c1-17-14-18(2)29(28-17)22-15-24(26-16-25-22)31-21-11-9-20(10-12-21)27-23(30)13-8-19-6-4-3-5-7-19/h3-7,9-12,14-16H,8,13H2,1-2H3,(H,27,30). The molecule has 0 saturated heterocycles. The Kier molecular flexibility index (Phi) is 6.03. The molecule has 0 aliphatic carbocycles. The quantitative estimate of drug-likeness (QED) is 0.477. The van der Waals surface area contributed by atoms with Crippen molar-refractivity contribution in [1.82, 2.24) is 19.7 Å². The summed E-state index contributed by atoms with van der Waals surface area (Å²) >= 11 is 0. The highest BCUT2D eigenvalue weighted by Gasteiger charge is 2.08. The Morgan fingerprint density at radius 3 is 2.48 bits per heavy atom. The molecular formula is C24H23N5O2. The second-order valence-electron chi connectivity index (χ2n) is 7.21. The maximum atomic E-state index is 12.2. The van der Waals surface area contributed by atoms with Gasteiger partial charge in [-0.05, 0) is 56.2 Å². The van der Waals surface area contributed by atoms with Gasteiger partial charge in [-0.2, -0.15) is 5.10 Å². The van der Waals surface area contributed by atoms with E-state index >= 15 is 0 Å². The molecule has 4 rings (SSSR count). The van der Waals surface area contributed by atoms with Crippen molar-refractivity contribution in [2.75, 3.05) is 5.32 Å². The number of rotatable bonds is 7. The van der Waals surface area contributed by atoms with Crippen LogP contribution in [0.1, 0.15) is 23.4 Å². The number of benzene rings is 2. The van der Waals surface area contributed by atoms with Crippen molar-refractivity contribution >= 4 is 11.6 Å². The van der Waals surface area contributed by atoms with E-state index in [9.17, 15) is 4.79 Å². The molecule has 0 aliphatic heterocycles. The normalized spacial score (nSPS) is 10.6. The molecule has 2 heterocycles. The fourth-order valence-corrected chi connectivity index (χ4v) is 3.22. The number of nitrogens with one attached hydrogen (secondary N) is 1. The lowest BCUT2D eigenvalue weighted by Gasteiger charge is -2.09. The van der Waals surface area contributed by atoms with Crippen LogP contribution in [-0.2, 0) is 11.2 Å². The first-order valence-electron chi connectivity index (χ1n) is 10.0. The van der Waals surface area contributed by atoms with Crippen LogP contribution in [0.3, 0.4) is 0 Å². The van der Waals surface area contributed by atoms with Gasteiger partial charge >= 0.3 is 0 Å². The average molecular weight is 413 g/mol. The molecule has 4 aromatic rings. The van der Waals surface area contributed by atoms with Gasteiger partial charge in [0.15, 0.2) is 5.82 Å². The number of hydrogen-bond acceptors (Lipinski definition) is 5. The number of amides is 1. The molecule has 7 nitrogen and oxygen atoms in total. The first-order valence-corrected chi connectivity index (χ1v) is 10.0. The lowest BCUT2D eigenvalue weighted by atomic mass is 10.1. The number of aryl methyl sites for hydroxylation is 3. The summed E-state index contributed by atoms with van der Waals surface area (Å²) in [5.41, 5.74) is 3.76. The number of ether oxygens (including phenoxy) is 1. The molecule has 156 valence electrons.